The fourth-order valence-corrected chi connectivity index (χ4v) is 3.73. The lowest BCUT2D eigenvalue weighted by Crippen LogP contribution is -2.30. The molecule has 0 unspecified atom stereocenters. The molecule has 3 heterocycles. The van der Waals surface area contributed by atoms with Crippen molar-refractivity contribution in [3.05, 3.63) is 71.0 Å². The molecule has 0 atom stereocenters. The molecule has 0 radical (unpaired) electrons. The van der Waals surface area contributed by atoms with Gasteiger partial charge in [0.1, 0.15) is 11.6 Å². The molecule has 0 bridgehead atoms. The minimum Gasteiger partial charge on any atom is -0.350 e. The van der Waals surface area contributed by atoms with E-state index in [1.165, 1.54) is 11.1 Å². The summed E-state index contributed by atoms with van der Waals surface area (Å²) in [5.41, 5.74) is 5.57. The van der Waals surface area contributed by atoms with E-state index in [-0.39, 0.29) is 17.4 Å². The number of benzene rings is 1. The van der Waals surface area contributed by atoms with Crippen molar-refractivity contribution in [2.75, 3.05) is 10.6 Å². The Balaban J connectivity index is 1.65. The van der Waals surface area contributed by atoms with Gasteiger partial charge in [-0.2, -0.15) is 0 Å². The van der Waals surface area contributed by atoms with Crippen LogP contribution >= 0.6 is 0 Å². The van der Waals surface area contributed by atoms with E-state index < -0.39 is 0 Å². The topological polar surface area (TPSA) is 91.0 Å². The Morgan fingerprint density at radius 3 is 2.55 bits per heavy atom. The van der Waals surface area contributed by atoms with Gasteiger partial charge in [0.15, 0.2) is 0 Å². The van der Waals surface area contributed by atoms with Crippen molar-refractivity contribution >= 4 is 28.9 Å². The van der Waals surface area contributed by atoms with Crippen LogP contribution in [0.2, 0.25) is 0 Å². The summed E-state index contributed by atoms with van der Waals surface area (Å²) in [6.45, 7) is 12.0. The van der Waals surface area contributed by atoms with Crippen molar-refractivity contribution in [1.29, 1.82) is 0 Å². The second-order valence-corrected chi connectivity index (χ2v) is 9.74. The first-order chi connectivity index (χ1) is 15.7. The summed E-state index contributed by atoms with van der Waals surface area (Å²) in [4.78, 5) is 22.1. The summed E-state index contributed by atoms with van der Waals surface area (Å²) < 4.78 is 0. The molecule has 3 aromatic rings. The van der Waals surface area contributed by atoms with Gasteiger partial charge in [-0.15, -0.1) is 0 Å². The number of aromatic nitrogens is 2. The number of nitrogens with zero attached hydrogens (tertiary/aromatic N) is 2. The molecule has 0 spiro atoms. The maximum Gasteiger partial charge on any atom is 0.255 e. The molecule has 1 aromatic carbocycles. The highest BCUT2D eigenvalue weighted by Crippen LogP contribution is 2.28. The second-order valence-electron chi connectivity index (χ2n) is 9.74. The Morgan fingerprint density at radius 1 is 1.00 bits per heavy atom. The summed E-state index contributed by atoms with van der Waals surface area (Å²) in [5.74, 6) is 1.15. The SMILES string of the molecule is CC(C)NC(=O)c1cnc(Nc2ccc3c(c2)CNC3)cc1Nc1cccc(C(C)(C)C)n1. The van der Waals surface area contributed by atoms with Gasteiger partial charge in [0.05, 0.1) is 11.3 Å². The predicted octanol–water partition coefficient (Wildman–Crippen LogP) is 5.00. The van der Waals surface area contributed by atoms with Crippen LogP contribution in [0.4, 0.5) is 23.0 Å². The van der Waals surface area contributed by atoms with Gasteiger partial charge in [0.2, 0.25) is 0 Å². The van der Waals surface area contributed by atoms with E-state index in [2.05, 4.69) is 59.2 Å². The smallest absolute Gasteiger partial charge is 0.255 e. The zero-order valence-corrected chi connectivity index (χ0v) is 19.9. The van der Waals surface area contributed by atoms with Crippen LogP contribution in [-0.2, 0) is 18.5 Å². The largest absolute Gasteiger partial charge is 0.350 e. The zero-order chi connectivity index (χ0) is 23.6. The first kappa shape index (κ1) is 22.7. The molecule has 2 aromatic heterocycles. The van der Waals surface area contributed by atoms with Gasteiger partial charge in [0.25, 0.3) is 5.91 Å². The first-order valence-electron chi connectivity index (χ1n) is 11.3. The molecular formula is C26H32N6O. The lowest BCUT2D eigenvalue weighted by atomic mass is 9.92. The summed E-state index contributed by atoms with van der Waals surface area (Å²) in [5, 5.41) is 13.0. The van der Waals surface area contributed by atoms with E-state index in [9.17, 15) is 4.79 Å². The quantitative estimate of drug-likeness (QED) is 0.428. The normalized spacial score (nSPS) is 13.0. The predicted molar refractivity (Wildman–Crippen MR) is 133 cm³/mol. The van der Waals surface area contributed by atoms with Crippen molar-refractivity contribution in [1.82, 2.24) is 20.6 Å². The van der Waals surface area contributed by atoms with E-state index in [0.717, 1.165) is 24.5 Å². The van der Waals surface area contributed by atoms with Crippen LogP contribution in [0.3, 0.4) is 0 Å². The number of anilines is 4. The molecule has 7 heteroatoms. The van der Waals surface area contributed by atoms with Crippen molar-refractivity contribution in [2.24, 2.45) is 0 Å². The molecule has 1 aliphatic rings. The van der Waals surface area contributed by atoms with Crippen molar-refractivity contribution < 1.29 is 4.79 Å². The Hall–Kier alpha value is -3.45. The van der Waals surface area contributed by atoms with E-state index in [4.69, 9.17) is 4.98 Å². The summed E-state index contributed by atoms with van der Waals surface area (Å²) in [7, 11) is 0. The van der Waals surface area contributed by atoms with Crippen LogP contribution in [0.25, 0.3) is 0 Å². The molecule has 4 rings (SSSR count). The third-order valence-corrected chi connectivity index (χ3v) is 5.46. The number of hydrogen-bond acceptors (Lipinski definition) is 6. The van der Waals surface area contributed by atoms with Gasteiger partial charge in [-0.05, 0) is 49.2 Å². The van der Waals surface area contributed by atoms with Gasteiger partial charge in [-0.3, -0.25) is 4.79 Å². The van der Waals surface area contributed by atoms with Crippen LogP contribution in [0.5, 0.6) is 0 Å². The zero-order valence-electron chi connectivity index (χ0n) is 19.9. The Bertz CT molecular complexity index is 1170. The van der Waals surface area contributed by atoms with Crippen LogP contribution in [0.15, 0.2) is 48.7 Å². The number of carbonyl (C=O) groups excluding carboxylic acids is 1. The summed E-state index contributed by atoms with van der Waals surface area (Å²) in [6, 6.07) is 14.1. The standard InChI is InChI=1S/C26H32N6O/c1-16(2)29-25(33)20-15-28-24(30-19-10-9-17-13-27-14-18(17)11-19)12-21(20)31-23-8-6-7-22(32-23)26(3,4)5/h6-12,15-16,27H,13-14H2,1-5H3,(H,29,33)(H2,28,30,31,32). The molecule has 7 nitrogen and oxygen atoms in total. The number of hydrogen-bond donors (Lipinski definition) is 4. The summed E-state index contributed by atoms with van der Waals surface area (Å²) >= 11 is 0. The lowest BCUT2D eigenvalue weighted by Gasteiger charge is -2.19. The Labute approximate surface area is 195 Å². The van der Waals surface area contributed by atoms with Crippen LogP contribution in [0.1, 0.15) is 61.8 Å². The number of pyridine rings is 2. The van der Waals surface area contributed by atoms with Gasteiger partial charge in [-0.25, -0.2) is 9.97 Å². The highest BCUT2D eigenvalue weighted by atomic mass is 16.1. The van der Waals surface area contributed by atoms with E-state index in [0.29, 0.717) is 22.9 Å². The van der Waals surface area contributed by atoms with Crippen LogP contribution in [-0.4, -0.2) is 21.9 Å². The molecular weight excluding hydrogens is 412 g/mol. The molecule has 0 fully saturated rings. The number of carbonyl (C=O) groups is 1. The first-order valence-corrected chi connectivity index (χ1v) is 11.3. The second kappa shape index (κ2) is 9.19. The number of fused-ring (bicyclic) bond motifs is 1. The number of amides is 1. The number of rotatable bonds is 6. The monoisotopic (exact) mass is 444 g/mol. The molecule has 172 valence electrons. The highest BCUT2D eigenvalue weighted by Gasteiger charge is 2.18. The maximum absolute atomic E-state index is 12.9. The van der Waals surface area contributed by atoms with E-state index in [1.54, 1.807) is 6.20 Å². The fraction of sp³-hybridized carbons (Fsp3) is 0.346. The van der Waals surface area contributed by atoms with Gasteiger partial charge in [0, 0.05) is 48.2 Å². The Kier molecular flexibility index (Phi) is 6.33. The minimum atomic E-state index is -0.179. The van der Waals surface area contributed by atoms with Crippen molar-refractivity contribution in [3.8, 4) is 0 Å². The molecule has 1 aliphatic heterocycles. The van der Waals surface area contributed by atoms with Crippen LogP contribution < -0.4 is 21.3 Å². The van der Waals surface area contributed by atoms with E-state index >= 15 is 0 Å². The molecule has 1 amide bonds. The third kappa shape index (κ3) is 5.49. The van der Waals surface area contributed by atoms with Crippen molar-refractivity contribution in [3.63, 3.8) is 0 Å². The third-order valence-electron chi connectivity index (χ3n) is 5.46. The molecule has 4 N–H and O–H groups in total. The average Bonchev–Trinajstić information content (AvgIpc) is 3.21. The Morgan fingerprint density at radius 2 is 1.79 bits per heavy atom. The highest BCUT2D eigenvalue weighted by molar-refractivity contribution is 6.00. The minimum absolute atomic E-state index is 0.0190. The van der Waals surface area contributed by atoms with Crippen LogP contribution in [0, 0.1) is 0 Å². The van der Waals surface area contributed by atoms with Gasteiger partial charge in [-0.1, -0.05) is 32.9 Å². The molecule has 0 saturated heterocycles. The van der Waals surface area contributed by atoms with Crippen molar-refractivity contribution in [2.45, 2.75) is 59.2 Å². The number of nitrogens with one attached hydrogen (secondary N) is 4. The lowest BCUT2D eigenvalue weighted by molar-refractivity contribution is 0.0943. The molecule has 0 saturated carbocycles. The maximum atomic E-state index is 12.9. The summed E-state index contributed by atoms with van der Waals surface area (Å²) in [6.07, 6.45) is 1.60. The van der Waals surface area contributed by atoms with E-state index in [1.807, 2.05) is 44.2 Å². The molecule has 0 aliphatic carbocycles. The fourth-order valence-electron chi connectivity index (χ4n) is 3.73. The van der Waals surface area contributed by atoms with Gasteiger partial charge < -0.3 is 21.3 Å². The van der Waals surface area contributed by atoms with Gasteiger partial charge >= 0.3 is 0 Å². The molecule has 33 heavy (non-hydrogen) atoms. The average molecular weight is 445 g/mol.